The number of nitrogens with one attached hydrogen (secondary N) is 1. The van der Waals surface area contributed by atoms with Gasteiger partial charge in [0.15, 0.2) is 0 Å². The molecule has 3 aromatic rings. The minimum atomic E-state index is -0.329. The molecule has 1 N–H and O–H groups in total. The molecule has 0 fully saturated rings. The number of carbonyl (C=O) groups excluding carboxylic acids is 1. The molecule has 0 saturated carbocycles. The van der Waals surface area contributed by atoms with E-state index in [4.69, 9.17) is 4.74 Å². The van der Waals surface area contributed by atoms with E-state index in [0.717, 1.165) is 0 Å². The second-order valence-electron chi connectivity index (χ2n) is 4.89. The first-order valence-corrected chi connectivity index (χ1v) is 7.21. The summed E-state index contributed by atoms with van der Waals surface area (Å²) < 4.78 is 19.9. The first kappa shape index (κ1) is 15.6. The van der Waals surface area contributed by atoms with E-state index in [-0.39, 0.29) is 18.1 Å². The van der Waals surface area contributed by atoms with Gasteiger partial charge in [0.05, 0.1) is 12.7 Å². The SMILES string of the molecule is O=C(CCn1cncn1)Nc1ccc(Oc2ccc(F)cc2)cn1. The van der Waals surface area contributed by atoms with Gasteiger partial charge in [-0.15, -0.1) is 0 Å². The summed E-state index contributed by atoms with van der Waals surface area (Å²) in [5, 5.41) is 6.61. The number of aromatic nitrogens is 4. The molecule has 2 heterocycles. The van der Waals surface area contributed by atoms with Gasteiger partial charge in [-0.25, -0.2) is 14.4 Å². The van der Waals surface area contributed by atoms with Crippen LogP contribution in [0.15, 0.2) is 55.2 Å². The van der Waals surface area contributed by atoms with Crippen molar-refractivity contribution in [3.63, 3.8) is 0 Å². The van der Waals surface area contributed by atoms with Gasteiger partial charge >= 0.3 is 0 Å². The van der Waals surface area contributed by atoms with Crippen LogP contribution in [-0.4, -0.2) is 25.7 Å². The molecule has 0 aliphatic rings. The lowest BCUT2D eigenvalue weighted by molar-refractivity contribution is -0.116. The Hall–Kier alpha value is -3.29. The van der Waals surface area contributed by atoms with E-state index in [0.29, 0.717) is 23.9 Å². The van der Waals surface area contributed by atoms with Crippen molar-refractivity contribution in [2.24, 2.45) is 0 Å². The average molecular weight is 327 g/mol. The molecule has 3 rings (SSSR count). The number of pyridine rings is 1. The molecule has 0 aliphatic carbocycles. The molecule has 0 atom stereocenters. The van der Waals surface area contributed by atoms with Crippen LogP contribution in [0.4, 0.5) is 10.2 Å². The number of hydrogen-bond donors (Lipinski definition) is 1. The van der Waals surface area contributed by atoms with Crippen molar-refractivity contribution in [3.8, 4) is 11.5 Å². The van der Waals surface area contributed by atoms with Crippen molar-refractivity contribution < 1.29 is 13.9 Å². The number of ether oxygens (including phenoxy) is 1. The zero-order valence-electron chi connectivity index (χ0n) is 12.6. The zero-order chi connectivity index (χ0) is 16.8. The Morgan fingerprint density at radius 3 is 2.62 bits per heavy atom. The van der Waals surface area contributed by atoms with E-state index in [1.807, 2.05) is 0 Å². The monoisotopic (exact) mass is 327 g/mol. The fraction of sp³-hybridized carbons (Fsp3) is 0.125. The average Bonchev–Trinajstić information content (AvgIpc) is 3.10. The first-order chi connectivity index (χ1) is 11.7. The van der Waals surface area contributed by atoms with Crippen molar-refractivity contribution >= 4 is 11.7 Å². The summed E-state index contributed by atoms with van der Waals surface area (Å²) in [5.41, 5.74) is 0. The van der Waals surface area contributed by atoms with Crippen LogP contribution in [0, 0.1) is 5.82 Å². The molecule has 1 aromatic carbocycles. The van der Waals surface area contributed by atoms with E-state index in [9.17, 15) is 9.18 Å². The lowest BCUT2D eigenvalue weighted by atomic mass is 10.3. The second kappa shape index (κ2) is 7.32. The van der Waals surface area contributed by atoms with Gasteiger partial charge in [0.25, 0.3) is 0 Å². The number of aryl methyl sites for hydroxylation is 1. The molecule has 0 saturated heterocycles. The van der Waals surface area contributed by atoms with Gasteiger partial charge in [-0.2, -0.15) is 5.10 Å². The summed E-state index contributed by atoms with van der Waals surface area (Å²) in [6.07, 6.45) is 4.71. The first-order valence-electron chi connectivity index (χ1n) is 7.21. The number of benzene rings is 1. The van der Waals surface area contributed by atoms with Crippen LogP contribution in [0.3, 0.4) is 0 Å². The Morgan fingerprint density at radius 2 is 1.96 bits per heavy atom. The smallest absolute Gasteiger partial charge is 0.227 e. The van der Waals surface area contributed by atoms with Crippen LogP contribution in [0.5, 0.6) is 11.5 Å². The molecule has 2 aromatic heterocycles. The number of carbonyl (C=O) groups is 1. The van der Waals surface area contributed by atoms with Gasteiger partial charge in [0.2, 0.25) is 5.91 Å². The molecule has 7 nitrogen and oxygen atoms in total. The van der Waals surface area contributed by atoms with Crippen molar-refractivity contribution in [3.05, 3.63) is 61.1 Å². The minimum absolute atomic E-state index is 0.176. The van der Waals surface area contributed by atoms with Gasteiger partial charge in [0, 0.05) is 6.42 Å². The quantitative estimate of drug-likeness (QED) is 0.752. The van der Waals surface area contributed by atoms with E-state index in [1.165, 1.54) is 36.8 Å². The molecule has 1 amide bonds. The van der Waals surface area contributed by atoms with Gasteiger partial charge in [-0.1, -0.05) is 0 Å². The van der Waals surface area contributed by atoms with E-state index in [2.05, 4.69) is 20.4 Å². The number of nitrogens with zero attached hydrogens (tertiary/aromatic N) is 4. The summed E-state index contributed by atoms with van der Waals surface area (Å²) in [4.78, 5) is 19.8. The van der Waals surface area contributed by atoms with Crippen molar-refractivity contribution in [1.29, 1.82) is 0 Å². The third kappa shape index (κ3) is 4.35. The van der Waals surface area contributed by atoms with Crippen LogP contribution >= 0.6 is 0 Å². The van der Waals surface area contributed by atoms with Crippen LogP contribution in [0.25, 0.3) is 0 Å². The van der Waals surface area contributed by atoms with Crippen LogP contribution in [0.1, 0.15) is 6.42 Å². The predicted octanol–water partition coefficient (Wildman–Crippen LogP) is 2.63. The van der Waals surface area contributed by atoms with E-state index in [1.54, 1.807) is 23.1 Å². The number of hydrogen-bond acceptors (Lipinski definition) is 5. The topological polar surface area (TPSA) is 81.9 Å². The Labute approximate surface area is 137 Å². The maximum Gasteiger partial charge on any atom is 0.227 e. The fourth-order valence-electron chi connectivity index (χ4n) is 1.92. The predicted molar refractivity (Wildman–Crippen MR) is 84.0 cm³/mol. The van der Waals surface area contributed by atoms with Gasteiger partial charge in [-0.3, -0.25) is 9.48 Å². The van der Waals surface area contributed by atoms with Gasteiger partial charge < -0.3 is 10.1 Å². The van der Waals surface area contributed by atoms with Crippen molar-refractivity contribution in [2.75, 3.05) is 5.32 Å². The molecule has 0 aliphatic heterocycles. The molecular weight excluding hydrogens is 313 g/mol. The molecule has 0 bridgehead atoms. The van der Waals surface area contributed by atoms with Crippen LogP contribution in [0.2, 0.25) is 0 Å². The van der Waals surface area contributed by atoms with E-state index >= 15 is 0 Å². The molecule has 8 heteroatoms. The summed E-state index contributed by atoms with van der Waals surface area (Å²) in [6, 6.07) is 8.97. The molecule has 0 unspecified atom stereocenters. The molecule has 0 radical (unpaired) electrons. The molecule has 24 heavy (non-hydrogen) atoms. The Balaban J connectivity index is 1.52. The highest BCUT2D eigenvalue weighted by molar-refractivity contribution is 5.89. The second-order valence-corrected chi connectivity index (χ2v) is 4.89. The Bertz CT molecular complexity index is 788. The highest BCUT2D eigenvalue weighted by Crippen LogP contribution is 2.21. The highest BCUT2D eigenvalue weighted by atomic mass is 19.1. The number of rotatable bonds is 6. The molecule has 122 valence electrons. The Kier molecular flexibility index (Phi) is 4.76. The lowest BCUT2D eigenvalue weighted by Crippen LogP contribution is -2.15. The number of anilines is 1. The molecule has 0 spiro atoms. The van der Waals surface area contributed by atoms with Gasteiger partial charge in [0.1, 0.15) is 35.8 Å². The van der Waals surface area contributed by atoms with Gasteiger partial charge in [-0.05, 0) is 36.4 Å². The standard InChI is InChI=1S/C16H14FN5O2/c17-12-1-3-13(4-2-12)24-14-5-6-15(19-9-14)21-16(23)7-8-22-11-18-10-20-22/h1-6,9-11H,7-8H2,(H,19,21,23). The summed E-state index contributed by atoms with van der Waals surface area (Å²) in [5.74, 6) is 0.907. The summed E-state index contributed by atoms with van der Waals surface area (Å²) in [7, 11) is 0. The largest absolute Gasteiger partial charge is 0.456 e. The van der Waals surface area contributed by atoms with Crippen molar-refractivity contribution in [1.82, 2.24) is 19.7 Å². The maximum atomic E-state index is 12.8. The maximum absolute atomic E-state index is 12.8. The third-order valence-corrected chi connectivity index (χ3v) is 3.09. The number of halogens is 1. The fourth-order valence-corrected chi connectivity index (χ4v) is 1.92. The van der Waals surface area contributed by atoms with Crippen LogP contribution < -0.4 is 10.1 Å². The third-order valence-electron chi connectivity index (χ3n) is 3.09. The van der Waals surface area contributed by atoms with Crippen molar-refractivity contribution in [2.45, 2.75) is 13.0 Å². The summed E-state index contributed by atoms with van der Waals surface area (Å²) >= 11 is 0. The summed E-state index contributed by atoms with van der Waals surface area (Å²) in [6.45, 7) is 0.442. The highest BCUT2D eigenvalue weighted by Gasteiger charge is 2.05. The zero-order valence-corrected chi connectivity index (χ0v) is 12.6. The number of amides is 1. The van der Waals surface area contributed by atoms with Crippen LogP contribution in [-0.2, 0) is 11.3 Å². The molecular formula is C16H14FN5O2. The minimum Gasteiger partial charge on any atom is -0.456 e. The Morgan fingerprint density at radius 1 is 1.17 bits per heavy atom. The lowest BCUT2D eigenvalue weighted by Gasteiger charge is -2.07. The van der Waals surface area contributed by atoms with E-state index < -0.39 is 0 Å². The normalized spacial score (nSPS) is 10.4.